The van der Waals surface area contributed by atoms with Crippen LogP contribution in [0.3, 0.4) is 0 Å². The van der Waals surface area contributed by atoms with Crippen LogP contribution in [0.5, 0.6) is 5.75 Å². The normalized spacial score (nSPS) is 24.4. The van der Waals surface area contributed by atoms with Gasteiger partial charge in [0.15, 0.2) is 0 Å². The second kappa shape index (κ2) is 7.17. The molecule has 6 heteroatoms. The quantitative estimate of drug-likeness (QED) is 0.876. The van der Waals surface area contributed by atoms with Crippen LogP contribution in [-0.4, -0.2) is 41.5 Å². The molecule has 0 aliphatic carbocycles. The van der Waals surface area contributed by atoms with Gasteiger partial charge in [0.05, 0.1) is 18.3 Å². The van der Waals surface area contributed by atoms with Crippen molar-refractivity contribution in [1.82, 2.24) is 15.2 Å². The molecule has 2 aliphatic heterocycles. The summed E-state index contributed by atoms with van der Waals surface area (Å²) in [6, 6.07) is 6.76. The number of pyridine rings is 1. The van der Waals surface area contributed by atoms with Crippen LogP contribution in [0.1, 0.15) is 43.5 Å². The van der Waals surface area contributed by atoms with E-state index in [9.17, 15) is 9.18 Å². The van der Waals surface area contributed by atoms with Crippen LogP contribution in [-0.2, 0) is 4.79 Å². The summed E-state index contributed by atoms with van der Waals surface area (Å²) in [5.41, 5.74) is 2.60. The molecule has 2 aliphatic rings. The number of likely N-dealkylation sites (N-methyl/N-ethyl adjacent to an activating group) is 1. The Balaban J connectivity index is 1.66. The molecule has 1 amide bonds. The number of aryl methyl sites for hydroxylation is 1. The van der Waals surface area contributed by atoms with E-state index < -0.39 is 5.54 Å². The highest BCUT2D eigenvalue weighted by Gasteiger charge is 2.50. The third-order valence-corrected chi connectivity index (χ3v) is 5.96. The van der Waals surface area contributed by atoms with Crippen molar-refractivity contribution in [2.45, 2.75) is 44.7 Å². The molecule has 2 atom stereocenters. The summed E-state index contributed by atoms with van der Waals surface area (Å²) in [5, 5.41) is 3.54. The number of carbonyl (C=O) groups is 1. The van der Waals surface area contributed by atoms with Crippen molar-refractivity contribution in [3.63, 3.8) is 0 Å². The Morgan fingerprint density at radius 3 is 2.86 bits per heavy atom. The van der Waals surface area contributed by atoms with E-state index in [-0.39, 0.29) is 17.8 Å². The zero-order valence-corrected chi connectivity index (χ0v) is 16.6. The molecule has 0 bridgehead atoms. The number of halogens is 1. The first-order valence-corrected chi connectivity index (χ1v) is 9.86. The van der Waals surface area contributed by atoms with Crippen molar-refractivity contribution >= 4 is 5.91 Å². The maximum Gasteiger partial charge on any atom is 0.242 e. The molecule has 0 radical (unpaired) electrons. The smallest absolute Gasteiger partial charge is 0.242 e. The number of ether oxygens (including phenoxy) is 1. The summed E-state index contributed by atoms with van der Waals surface area (Å²) < 4.78 is 20.1. The van der Waals surface area contributed by atoms with Crippen LogP contribution >= 0.6 is 0 Å². The number of carbonyl (C=O) groups excluding carboxylic acids is 1. The first-order valence-electron chi connectivity index (χ1n) is 9.86. The summed E-state index contributed by atoms with van der Waals surface area (Å²) in [6.07, 6.45) is 4.26. The number of nitrogens with one attached hydrogen (secondary N) is 1. The number of nitrogens with zero attached hydrogens (tertiary/aromatic N) is 2. The molecule has 1 aromatic heterocycles. The summed E-state index contributed by atoms with van der Waals surface area (Å²) in [4.78, 5) is 19.0. The third-order valence-electron chi connectivity index (χ3n) is 5.96. The standard InChI is InChI=1S/C22H26FN3O2/c1-4-28-15-5-6-18(23)17(11-15)16-12-20(24-13-14(16)2)19-7-8-22(25-19)9-10-26(3)21(22)27/h5-6,11-13,19,25H,4,7-10H2,1-3H3/t19-,22+/m1/s1. The Hall–Kier alpha value is -2.47. The van der Waals surface area contributed by atoms with Crippen LogP contribution in [0.2, 0.25) is 0 Å². The highest BCUT2D eigenvalue weighted by molar-refractivity contribution is 5.88. The molecule has 3 heterocycles. The number of likely N-dealkylation sites (tertiary alicyclic amines) is 1. The Morgan fingerprint density at radius 2 is 2.14 bits per heavy atom. The SMILES string of the molecule is CCOc1ccc(F)c(-c2cc([C@H]3CC[C@@]4(CCN(C)C4=O)N3)ncc2C)c1. The van der Waals surface area contributed by atoms with Gasteiger partial charge in [-0.15, -0.1) is 0 Å². The maximum atomic E-state index is 14.6. The van der Waals surface area contributed by atoms with E-state index >= 15 is 0 Å². The predicted octanol–water partition coefficient (Wildman–Crippen LogP) is 3.62. The van der Waals surface area contributed by atoms with Gasteiger partial charge in [-0.2, -0.15) is 0 Å². The van der Waals surface area contributed by atoms with Crippen molar-refractivity contribution in [2.24, 2.45) is 0 Å². The average Bonchev–Trinajstić information content (AvgIpc) is 3.24. The number of benzene rings is 1. The zero-order valence-electron chi connectivity index (χ0n) is 16.6. The minimum absolute atomic E-state index is 0.00654. The first-order chi connectivity index (χ1) is 13.4. The summed E-state index contributed by atoms with van der Waals surface area (Å²) in [5.74, 6) is 0.527. The highest BCUT2D eigenvalue weighted by atomic mass is 19.1. The molecule has 148 valence electrons. The van der Waals surface area contributed by atoms with E-state index in [1.807, 2.05) is 27.0 Å². The van der Waals surface area contributed by atoms with Gasteiger partial charge in [-0.1, -0.05) is 0 Å². The first kappa shape index (κ1) is 18.9. The van der Waals surface area contributed by atoms with Crippen LogP contribution in [0.25, 0.3) is 11.1 Å². The minimum Gasteiger partial charge on any atom is -0.494 e. The van der Waals surface area contributed by atoms with Crippen LogP contribution < -0.4 is 10.1 Å². The maximum absolute atomic E-state index is 14.6. The topological polar surface area (TPSA) is 54.5 Å². The fourth-order valence-electron chi connectivity index (χ4n) is 4.38. The summed E-state index contributed by atoms with van der Waals surface area (Å²) >= 11 is 0. The summed E-state index contributed by atoms with van der Waals surface area (Å²) in [7, 11) is 1.85. The Morgan fingerprint density at radius 1 is 1.32 bits per heavy atom. The molecule has 2 aromatic rings. The lowest BCUT2D eigenvalue weighted by Gasteiger charge is -2.23. The van der Waals surface area contributed by atoms with E-state index in [2.05, 4.69) is 10.3 Å². The number of rotatable bonds is 4. The van der Waals surface area contributed by atoms with E-state index in [4.69, 9.17) is 4.74 Å². The summed E-state index contributed by atoms with van der Waals surface area (Å²) in [6.45, 7) is 5.14. The van der Waals surface area contributed by atoms with Gasteiger partial charge in [-0.3, -0.25) is 15.1 Å². The molecule has 1 spiro atoms. The van der Waals surface area contributed by atoms with Gasteiger partial charge in [0.25, 0.3) is 0 Å². The number of aromatic nitrogens is 1. The Kier molecular flexibility index (Phi) is 4.83. The molecule has 28 heavy (non-hydrogen) atoms. The van der Waals surface area contributed by atoms with Gasteiger partial charge >= 0.3 is 0 Å². The van der Waals surface area contributed by atoms with Gasteiger partial charge in [-0.25, -0.2) is 4.39 Å². The molecular formula is C22H26FN3O2. The second-order valence-corrected chi connectivity index (χ2v) is 7.79. The van der Waals surface area contributed by atoms with Gasteiger partial charge in [0, 0.05) is 25.4 Å². The Labute approximate surface area is 164 Å². The second-order valence-electron chi connectivity index (χ2n) is 7.79. The van der Waals surface area contributed by atoms with E-state index in [0.29, 0.717) is 17.9 Å². The molecule has 0 saturated carbocycles. The van der Waals surface area contributed by atoms with E-state index in [1.54, 1.807) is 23.2 Å². The molecule has 2 saturated heterocycles. The van der Waals surface area contributed by atoms with Gasteiger partial charge in [-0.05, 0) is 68.5 Å². The lowest BCUT2D eigenvalue weighted by Crippen LogP contribution is -2.47. The van der Waals surface area contributed by atoms with Crippen LogP contribution in [0.4, 0.5) is 4.39 Å². The van der Waals surface area contributed by atoms with E-state index in [1.165, 1.54) is 6.07 Å². The molecule has 4 rings (SSSR count). The largest absolute Gasteiger partial charge is 0.494 e. The van der Waals surface area contributed by atoms with Crippen molar-refractivity contribution in [3.8, 4) is 16.9 Å². The molecule has 1 N–H and O–H groups in total. The van der Waals surface area contributed by atoms with E-state index in [0.717, 1.165) is 42.6 Å². The minimum atomic E-state index is -0.466. The average molecular weight is 383 g/mol. The number of hydrogen-bond donors (Lipinski definition) is 1. The third kappa shape index (κ3) is 3.15. The van der Waals surface area contributed by atoms with Gasteiger partial charge in [0.1, 0.15) is 17.1 Å². The highest BCUT2D eigenvalue weighted by Crippen LogP contribution is 2.40. The van der Waals surface area contributed by atoms with Crippen molar-refractivity contribution in [3.05, 3.63) is 47.5 Å². The zero-order chi connectivity index (χ0) is 19.9. The molecule has 0 unspecified atom stereocenters. The van der Waals surface area contributed by atoms with Crippen molar-refractivity contribution in [2.75, 3.05) is 20.2 Å². The van der Waals surface area contributed by atoms with Gasteiger partial charge < -0.3 is 9.64 Å². The predicted molar refractivity (Wildman–Crippen MR) is 106 cm³/mol. The van der Waals surface area contributed by atoms with Gasteiger partial charge in [0.2, 0.25) is 5.91 Å². The Bertz CT molecular complexity index is 917. The van der Waals surface area contributed by atoms with Crippen molar-refractivity contribution < 1.29 is 13.9 Å². The van der Waals surface area contributed by atoms with Crippen molar-refractivity contribution in [1.29, 1.82) is 0 Å². The molecular weight excluding hydrogens is 357 g/mol. The number of amides is 1. The molecule has 5 nitrogen and oxygen atoms in total. The lowest BCUT2D eigenvalue weighted by atomic mass is 9.96. The van der Waals surface area contributed by atoms with Crippen LogP contribution in [0.15, 0.2) is 30.5 Å². The lowest BCUT2D eigenvalue weighted by molar-refractivity contribution is -0.131. The molecule has 1 aromatic carbocycles. The fraction of sp³-hybridized carbons (Fsp3) is 0.455. The van der Waals surface area contributed by atoms with Crippen LogP contribution in [0, 0.1) is 12.7 Å². The number of hydrogen-bond acceptors (Lipinski definition) is 4. The molecule has 2 fully saturated rings. The fourth-order valence-corrected chi connectivity index (χ4v) is 4.38. The monoisotopic (exact) mass is 383 g/mol.